The van der Waals surface area contributed by atoms with Crippen molar-refractivity contribution >= 4 is 33.1 Å². The van der Waals surface area contributed by atoms with E-state index >= 15 is 0 Å². The maximum Gasteiger partial charge on any atom is 0.319 e. The number of amides is 2. The van der Waals surface area contributed by atoms with Crippen LogP contribution in [-0.4, -0.2) is 24.8 Å². The third-order valence-corrected chi connectivity index (χ3v) is 5.27. The van der Waals surface area contributed by atoms with Gasteiger partial charge in [0, 0.05) is 9.58 Å². The van der Waals surface area contributed by atoms with Crippen LogP contribution in [0.3, 0.4) is 0 Å². The fourth-order valence-corrected chi connectivity index (χ4v) is 3.61. The molecule has 0 saturated heterocycles. The van der Waals surface area contributed by atoms with Gasteiger partial charge >= 0.3 is 6.03 Å². The minimum absolute atomic E-state index is 0.0980. The van der Waals surface area contributed by atoms with Gasteiger partial charge in [0.15, 0.2) is 0 Å². The van der Waals surface area contributed by atoms with Crippen LogP contribution in [0.5, 0.6) is 5.75 Å². The zero-order valence-electron chi connectivity index (χ0n) is 14.1. The van der Waals surface area contributed by atoms with E-state index in [4.69, 9.17) is 4.74 Å². The van der Waals surface area contributed by atoms with Crippen LogP contribution in [0, 0.1) is 0 Å². The van der Waals surface area contributed by atoms with E-state index in [1.807, 2.05) is 42.5 Å². The third-order valence-electron chi connectivity index (χ3n) is 3.90. The van der Waals surface area contributed by atoms with Crippen molar-refractivity contribution in [2.45, 2.75) is 12.5 Å². The molecule has 0 spiro atoms. The molecule has 5 nitrogen and oxygen atoms in total. The molecule has 1 aromatic heterocycles. The van der Waals surface area contributed by atoms with Crippen LogP contribution in [-0.2, 0) is 5.60 Å². The number of methoxy groups -OCH3 is 1. The molecular formula is C19H20N2O3S. The predicted octanol–water partition coefficient (Wildman–Crippen LogP) is 3.94. The lowest BCUT2D eigenvalue weighted by Crippen LogP contribution is -2.40. The topological polar surface area (TPSA) is 70.6 Å². The highest BCUT2D eigenvalue weighted by molar-refractivity contribution is 7.19. The van der Waals surface area contributed by atoms with E-state index in [0.29, 0.717) is 11.4 Å². The van der Waals surface area contributed by atoms with Gasteiger partial charge in [-0.05, 0) is 36.6 Å². The lowest BCUT2D eigenvalue weighted by molar-refractivity contribution is 0.0638. The summed E-state index contributed by atoms with van der Waals surface area (Å²) < 4.78 is 6.31. The van der Waals surface area contributed by atoms with Crippen LogP contribution in [0.1, 0.15) is 11.8 Å². The van der Waals surface area contributed by atoms with Crippen molar-refractivity contribution in [3.8, 4) is 5.75 Å². The molecule has 2 amide bonds. The fourth-order valence-electron chi connectivity index (χ4n) is 2.50. The van der Waals surface area contributed by atoms with E-state index in [2.05, 4.69) is 10.6 Å². The Balaban J connectivity index is 1.66. The number of benzene rings is 2. The van der Waals surface area contributed by atoms with Gasteiger partial charge in [-0.2, -0.15) is 0 Å². The third kappa shape index (κ3) is 3.92. The number of hydrogen-bond acceptors (Lipinski definition) is 4. The van der Waals surface area contributed by atoms with E-state index in [9.17, 15) is 9.90 Å². The number of thiophene rings is 1. The largest absolute Gasteiger partial charge is 0.495 e. The van der Waals surface area contributed by atoms with Crippen molar-refractivity contribution in [3.05, 3.63) is 59.5 Å². The second-order valence-electron chi connectivity index (χ2n) is 5.93. The monoisotopic (exact) mass is 356 g/mol. The maximum absolute atomic E-state index is 12.1. The van der Waals surface area contributed by atoms with Gasteiger partial charge in [0.1, 0.15) is 11.4 Å². The Morgan fingerprint density at radius 2 is 1.92 bits per heavy atom. The molecule has 1 unspecified atom stereocenters. The summed E-state index contributed by atoms with van der Waals surface area (Å²) in [6.07, 6.45) is 0. The predicted molar refractivity (Wildman–Crippen MR) is 101 cm³/mol. The van der Waals surface area contributed by atoms with Crippen LogP contribution in [0.15, 0.2) is 54.6 Å². The van der Waals surface area contributed by atoms with Gasteiger partial charge in [-0.1, -0.05) is 30.3 Å². The van der Waals surface area contributed by atoms with Gasteiger partial charge in [-0.25, -0.2) is 4.79 Å². The van der Waals surface area contributed by atoms with Crippen LogP contribution >= 0.6 is 11.3 Å². The first-order valence-corrected chi connectivity index (χ1v) is 8.70. The molecule has 25 heavy (non-hydrogen) atoms. The van der Waals surface area contributed by atoms with E-state index in [1.54, 1.807) is 26.2 Å². The van der Waals surface area contributed by atoms with Gasteiger partial charge in [0.2, 0.25) is 0 Å². The number of anilines is 1. The average Bonchev–Trinajstić information content (AvgIpc) is 3.06. The summed E-state index contributed by atoms with van der Waals surface area (Å²) in [6, 6.07) is 16.7. The lowest BCUT2D eigenvalue weighted by Gasteiger charge is -2.22. The number of carbonyl (C=O) groups is 1. The molecule has 3 rings (SSSR count). The number of ether oxygens (including phenoxy) is 1. The van der Waals surface area contributed by atoms with Crippen molar-refractivity contribution in [1.29, 1.82) is 0 Å². The molecule has 6 heteroatoms. The van der Waals surface area contributed by atoms with Gasteiger partial charge < -0.3 is 20.5 Å². The van der Waals surface area contributed by atoms with E-state index < -0.39 is 11.6 Å². The number of fused-ring (bicyclic) bond motifs is 1. The van der Waals surface area contributed by atoms with E-state index in [1.165, 1.54) is 11.3 Å². The molecular weight excluding hydrogens is 336 g/mol. The zero-order chi connectivity index (χ0) is 17.9. The molecule has 0 saturated carbocycles. The molecule has 1 heterocycles. The first-order chi connectivity index (χ1) is 12.0. The quantitative estimate of drug-likeness (QED) is 0.648. The smallest absolute Gasteiger partial charge is 0.319 e. The van der Waals surface area contributed by atoms with Gasteiger partial charge in [0.05, 0.1) is 19.3 Å². The number of urea groups is 1. The zero-order valence-corrected chi connectivity index (χ0v) is 14.9. The highest BCUT2D eigenvalue weighted by atomic mass is 32.1. The molecule has 1 atom stereocenters. The van der Waals surface area contributed by atoms with Crippen LogP contribution in [0.4, 0.5) is 10.5 Å². The molecule has 3 aromatic rings. The van der Waals surface area contributed by atoms with Crippen LogP contribution < -0.4 is 15.4 Å². The molecule has 130 valence electrons. The first kappa shape index (κ1) is 17.3. The Bertz CT molecular complexity index is 856. The van der Waals surface area contributed by atoms with E-state index in [0.717, 1.165) is 15.0 Å². The summed E-state index contributed by atoms with van der Waals surface area (Å²) >= 11 is 1.52. The molecule has 0 aliphatic heterocycles. The van der Waals surface area contributed by atoms with Crippen molar-refractivity contribution in [1.82, 2.24) is 5.32 Å². The Morgan fingerprint density at radius 3 is 2.68 bits per heavy atom. The standard InChI is InChI=1S/C19H20N2O3S/c1-19(23,17-11-13-7-3-6-10-16(13)25-17)12-20-18(22)21-14-8-4-5-9-15(14)24-2/h3-11,23H,12H2,1-2H3,(H2,20,21,22). The second kappa shape index (κ2) is 7.13. The van der Waals surface area contributed by atoms with Crippen molar-refractivity contribution in [2.75, 3.05) is 19.0 Å². The fraction of sp³-hybridized carbons (Fsp3) is 0.211. The van der Waals surface area contributed by atoms with Crippen molar-refractivity contribution < 1.29 is 14.6 Å². The van der Waals surface area contributed by atoms with Gasteiger partial charge in [-0.15, -0.1) is 11.3 Å². The highest BCUT2D eigenvalue weighted by Gasteiger charge is 2.26. The molecule has 3 N–H and O–H groups in total. The minimum Gasteiger partial charge on any atom is -0.495 e. The maximum atomic E-state index is 12.1. The molecule has 0 bridgehead atoms. The molecule has 0 radical (unpaired) electrons. The number of rotatable bonds is 5. The number of aliphatic hydroxyl groups is 1. The van der Waals surface area contributed by atoms with Crippen LogP contribution in [0.25, 0.3) is 10.1 Å². The van der Waals surface area contributed by atoms with Gasteiger partial charge in [0.25, 0.3) is 0 Å². The summed E-state index contributed by atoms with van der Waals surface area (Å²) in [5.41, 5.74) is -0.578. The number of para-hydroxylation sites is 2. The lowest BCUT2D eigenvalue weighted by atomic mass is 10.0. The van der Waals surface area contributed by atoms with Crippen LogP contribution in [0.2, 0.25) is 0 Å². The molecule has 0 aliphatic rings. The van der Waals surface area contributed by atoms with Gasteiger partial charge in [-0.3, -0.25) is 0 Å². The normalized spacial score (nSPS) is 13.2. The number of hydrogen-bond donors (Lipinski definition) is 3. The summed E-state index contributed by atoms with van der Waals surface area (Å²) in [4.78, 5) is 13.0. The van der Waals surface area contributed by atoms with E-state index in [-0.39, 0.29) is 6.54 Å². The summed E-state index contributed by atoms with van der Waals surface area (Å²) in [7, 11) is 1.55. The Morgan fingerprint density at radius 1 is 1.20 bits per heavy atom. The highest BCUT2D eigenvalue weighted by Crippen LogP contribution is 2.32. The summed E-state index contributed by atoms with van der Waals surface area (Å²) in [6.45, 7) is 1.79. The Kier molecular flexibility index (Phi) is 4.92. The number of nitrogens with one attached hydrogen (secondary N) is 2. The summed E-state index contributed by atoms with van der Waals surface area (Å²) in [5, 5.41) is 17.3. The number of carbonyl (C=O) groups excluding carboxylic acids is 1. The molecule has 0 fully saturated rings. The average molecular weight is 356 g/mol. The summed E-state index contributed by atoms with van der Waals surface area (Å²) in [5.74, 6) is 0.578. The Labute approximate surface area is 150 Å². The Hall–Kier alpha value is -2.57. The second-order valence-corrected chi connectivity index (χ2v) is 7.01. The molecule has 0 aliphatic carbocycles. The first-order valence-electron chi connectivity index (χ1n) is 7.89. The minimum atomic E-state index is -1.15. The van der Waals surface area contributed by atoms with Crippen molar-refractivity contribution in [2.24, 2.45) is 0 Å². The van der Waals surface area contributed by atoms with Crippen molar-refractivity contribution in [3.63, 3.8) is 0 Å². The SMILES string of the molecule is COc1ccccc1NC(=O)NCC(C)(O)c1cc2ccccc2s1. The molecule has 2 aromatic carbocycles.